The Morgan fingerprint density at radius 2 is 1.80 bits per heavy atom. The predicted molar refractivity (Wildman–Crippen MR) is 77.7 cm³/mol. The molecule has 2 rings (SSSR count). The zero-order valence-electron chi connectivity index (χ0n) is 11.3. The Morgan fingerprint density at radius 3 is 2.45 bits per heavy atom. The fourth-order valence-corrected chi connectivity index (χ4v) is 2.23. The Kier molecular flexibility index (Phi) is 4.63. The molecule has 4 heteroatoms. The minimum atomic E-state index is -0.960. The number of para-hydroxylation sites is 1. The average Bonchev–Trinajstić information content (AvgIpc) is 2.38. The van der Waals surface area contributed by atoms with E-state index in [1.807, 2.05) is 26.0 Å². The van der Waals surface area contributed by atoms with Gasteiger partial charge >= 0.3 is 0 Å². The van der Waals surface area contributed by atoms with Crippen LogP contribution < -0.4 is 4.74 Å². The van der Waals surface area contributed by atoms with Crippen molar-refractivity contribution >= 4 is 11.6 Å². The van der Waals surface area contributed by atoms with Crippen molar-refractivity contribution < 1.29 is 14.2 Å². The molecule has 0 fully saturated rings. The number of aliphatic hydroxyl groups is 1. The van der Waals surface area contributed by atoms with Gasteiger partial charge in [0.2, 0.25) is 0 Å². The van der Waals surface area contributed by atoms with Crippen molar-refractivity contribution in [1.29, 1.82) is 0 Å². The highest BCUT2D eigenvalue weighted by Gasteiger charge is 2.18. The molecule has 0 aliphatic heterocycles. The fourth-order valence-electron chi connectivity index (χ4n) is 1.96. The molecular formula is C16H16ClFO2. The van der Waals surface area contributed by atoms with Gasteiger partial charge in [-0.2, -0.15) is 0 Å². The first-order chi connectivity index (χ1) is 9.49. The lowest BCUT2D eigenvalue weighted by molar-refractivity contribution is 0.198. The van der Waals surface area contributed by atoms with Gasteiger partial charge in [-0.15, -0.1) is 0 Å². The summed E-state index contributed by atoms with van der Waals surface area (Å²) in [4.78, 5) is 0. The van der Waals surface area contributed by atoms with E-state index >= 15 is 0 Å². The molecule has 2 nitrogen and oxygen atoms in total. The third-order valence-corrected chi connectivity index (χ3v) is 3.16. The van der Waals surface area contributed by atoms with E-state index in [2.05, 4.69) is 0 Å². The third-order valence-electron chi connectivity index (χ3n) is 2.83. The van der Waals surface area contributed by atoms with E-state index in [0.29, 0.717) is 16.9 Å². The van der Waals surface area contributed by atoms with Crippen molar-refractivity contribution in [3.8, 4) is 5.75 Å². The Labute approximate surface area is 122 Å². The van der Waals surface area contributed by atoms with E-state index in [4.69, 9.17) is 16.3 Å². The van der Waals surface area contributed by atoms with Crippen LogP contribution in [0, 0.1) is 5.82 Å². The number of halogens is 2. The van der Waals surface area contributed by atoms with Crippen LogP contribution in [0.1, 0.15) is 31.1 Å². The predicted octanol–water partition coefficient (Wildman–Crippen LogP) is 4.35. The molecule has 0 radical (unpaired) electrons. The smallest absolute Gasteiger partial charge is 0.125 e. The number of hydrogen-bond acceptors (Lipinski definition) is 2. The molecule has 0 aliphatic carbocycles. The molecule has 0 spiro atoms. The molecule has 2 aromatic rings. The average molecular weight is 295 g/mol. The summed E-state index contributed by atoms with van der Waals surface area (Å²) in [6.45, 7) is 3.82. The lowest BCUT2D eigenvalue weighted by Crippen LogP contribution is -2.10. The van der Waals surface area contributed by atoms with Gasteiger partial charge in [0, 0.05) is 16.1 Å². The van der Waals surface area contributed by atoms with E-state index in [0.717, 1.165) is 0 Å². The van der Waals surface area contributed by atoms with Gasteiger partial charge in [-0.3, -0.25) is 0 Å². The van der Waals surface area contributed by atoms with Crippen LogP contribution in [-0.4, -0.2) is 11.2 Å². The van der Waals surface area contributed by atoms with Crippen LogP contribution in [0.5, 0.6) is 5.75 Å². The summed E-state index contributed by atoms with van der Waals surface area (Å²) in [5.74, 6) is 0.160. The van der Waals surface area contributed by atoms with Crippen LogP contribution in [0.4, 0.5) is 4.39 Å². The Morgan fingerprint density at radius 1 is 1.10 bits per heavy atom. The molecule has 1 N–H and O–H groups in total. The van der Waals surface area contributed by atoms with E-state index in [1.54, 1.807) is 12.1 Å². The lowest BCUT2D eigenvalue weighted by atomic mass is 10.0. The van der Waals surface area contributed by atoms with E-state index in [-0.39, 0.29) is 11.1 Å². The summed E-state index contributed by atoms with van der Waals surface area (Å²) < 4.78 is 18.7. The van der Waals surface area contributed by atoms with Gasteiger partial charge in [0.1, 0.15) is 17.7 Å². The highest BCUT2D eigenvalue weighted by Crippen LogP contribution is 2.34. The molecule has 0 saturated carbocycles. The van der Waals surface area contributed by atoms with E-state index < -0.39 is 11.9 Å². The van der Waals surface area contributed by atoms with Crippen LogP contribution in [0.15, 0.2) is 42.5 Å². The quantitative estimate of drug-likeness (QED) is 0.908. The first-order valence-corrected chi connectivity index (χ1v) is 6.75. The minimum absolute atomic E-state index is 0.00737. The van der Waals surface area contributed by atoms with Gasteiger partial charge in [0.05, 0.1) is 6.10 Å². The Hall–Kier alpha value is -1.58. The summed E-state index contributed by atoms with van der Waals surface area (Å²) >= 11 is 5.99. The van der Waals surface area contributed by atoms with Crippen LogP contribution in [0.3, 0.4) is 0 Å². The zero-order valence-corrected chi connectivity index (χ0v) is 12.1. The maximum atomic E-state index is 13.1. The molecule has 106 valence electrons. The molecule has 0 aromatic heterocycles. The van der Waals surface area contributed by atoms with Crippen molar-refractivity contribution in [2.45, 2.75) is 26.1 Å². The summed E-state index contributed by atoms with van der Waals surface area (Å²) in [5.41, 5.74) is 1.06. The highest BCUT2D eigenvalue weighted by atomic mass is 35.5. The maximum Gasteiger partial charge on any atom is 0.125 e. The molecule has 20 heavy (non-hydrogen) atoms. The maximum absolute atomic E-state index is 13.1. The van der Waals surface area contributed by atoms with Crippen LogP contribution in [0.25, 0.3) is 0 Å². The number of rotatable bonds is 4. The van der Waals surface area contributed by atoms with Crippen molar-refractivity contribution in [2.75, 3.05) is 0 Å². The fraction of sp³-hybridized carbons (Fsp3) is 0.250. The number of benzene rings is 2. The third kappa shape index (κ3) is 3.30. The van der Waals surface area contributed by atoms with Gasteiger partial charge in [0.15, 0.2) is 0 Å². The molecule has 2 aromatic carbocycles. The van der Waals surface area contributed by atoms with Crippen LogP contribution in [-0.2, 0) is 0 Å². The molecule has 0 aliphatic rings. The second-order valence-electron chi connectivity index (χ2n) is 4.77. The van der Waals surface area contributed by atoms with Gasteiger partial charge in [-0.05, 0) is 32.0 Å². The Bertz CT molecular complexity index is 599. The summed E-state index contributed by atoms with van der Waals surface area (Å²) in [6.07, 6.45) is -0.968. The van der Waals surface area contributed by atoms with Crippen LogP contribution >= 0.6 is 11.6 Å². The molecule has 0 saturated heterocycles. The molecular weight excluding hydrogens is 279 g/mol. The molecule has 0 amide bonds. The molecule has 1 atom stereocenters. The zero-order chi connectivity index (χ0) is 14.7. The van der Waals surface area contributed by atoms with Crippen molar-refractivity contribution in [3.63, 3.8) is 0 Å². The van der Waals surface area contributed by atoms with Gasteiger partial charge < -0.3 is 9.84 Å². The lowest BCUT2D eigenvalue weighted by Gasteiger charge is -2.19. The first kappa shape index (κ1) is 14.8. The van der Waals surface area contributed by atoms with Crippen molar-refractivity contribution in [3.05, 3.63) is 64.4 Å². The van der Waals surface area contributed by atoms with Gasteiger partial charge in [-0.25, -0.2) is 4.39 Å². The van der Waals surface area contributed by atoms with E-state index in [9.17, 15) is 9.50 Å². The van der Waals surface area contributed by atoms with Crippen LogP contribution in [0.2, 0.25) is 5.02 Å². The monoisotopic (exact) mass is 294 g/mol. The van der Waals surface area contributed by atoms with Gasteiger partial charge in [-0.1, -0.05) is 35.9 Å². The second-order valence-corrected chi connectivity index (χ2v) is 5.18. The number of aliphatic hydroxyl groups excluding tert-OH is 1. The Balaban J connectivity index is 2.40. The SMILES string of the molecule is CC(C)Oc1ccccc1C(O)c1ccc(F)cc1Cl. The molecule has 0 bridgehead atoms. The molecule has 0 heterocycles. The normalized spacial score (nSPS) is 12.5. The summed E-state index contributed by atoms with van der Waals surface area (Å²) in [5, 5.41) is 10.7. The standard InChI is InChI=1S/C16H16ClFO2/c1-10(2)20-15-6-4-3-5-13(15)16(19)12-8-7-11(18)9-14(12)17/h3-10,16,19H,1-2H3. The van der Waals surface area contributed by atoms with Gasteiger partial charge in [0.25, 0.3) is 0 Å². The number of ether oxygens (including phenoxy) is 1. The topological polar surface area (TPSA) is 29.5 Å². The summed E-state index contributed by atoms with van der Waals surface area (Å²) in [7, 11) is 0. The first-order valence-electron chi connectivity index (χ1n) is 6.37. The molecule has 1 unspecified atom stereocenters. The summed E-state index contributed by atoms with van der Waals surface area (Å²) in [6, 6.07) is 11.1. The van der Waals surface area contributed by atoms with Crippen molar-refractivity contribution in [2.24, 2.45) is 0 Å². The largest absolute Gasteiger partial charge is 0.491 e. The minimum Gasteiger partial charge on any atom is -0.491 e. The second kappa shape index (κ2) is 6.25. The number of hydrogen-bond donors (Lipinski definition) is 1. The highest BCUT2D eigenvalue weighted by molar-refractivity contribution is 6.31. The van der Waals surface area contributed by atoms with Crippen molar-refractivity contribution in [1.82, 2.24) is 0 Å². The van der Waals surface area contributed by atoms with E-state index in [1.165, 1.54) is 18.2 Å².